The maximum absolute atomic E-state index is 13.1. The van der Waals surface area contributed by atoms with Crippen molar-refractivity contribution in [3.63, 3.8) is 0 Å². The van der Waals surface area contributed by atoms with Gasteiger partial charge >= 0.3 is 39.5 Å². The number of hydrogen-bond acceptors (Lipinski definition) is 15. The molecule has 5 atom stereocenters. The van der Waals surface area contributed by atoms with Gasteiger partial charge in [-0.05, 0) is 49.4 Å². The molecule has 0 aromatic rings. The van der Waals surface area contributed by atoms with Crippen LogP contribution in [0.15, 0.2) is 0 Å². The van der Waals surface area contributed by atoms with E-state index in [0.717, 1.165) is 114 Å². The highest BCUT2D eigenvalue weighted by molar-refractivity contribution is 7.47. The van der Waals surface area contributed by atoms with Crippen LogP contribution in [0.5, 0.6) is 0 Å². The molecule has 17 nitrogen and oxygen atoms in total. The van der Waals surface area contributed by atoms with E-state index in [1.54, 1.807) is 0 Å². The summed E-state index contributed by atoms with van der Waals surface area (Å²) in [4.78, 5) is 72.8. The predicted molar refractivity (Wildman–Crippen MR) is 386 cm³/mol. The number of unbranched alkanes of at least 4 members (excludes halogenated alkanes) is 39. The first-order valence-electron chi connectivity index (χ1n) is 39.2. The van der Waals surface area contributed by atoms with Crippen LogP contribution in [0.3, 0.4) is 0 Å². The van der Waals surface area contributed by atoms with E-state index in [2.05, 4.69) is 55.4 Å². The quantitative estimate of drug-likeness (QED) is 0.0222. The van der Waals surface area contributed by atoms with Crippen LogP contribution in [-0.4, -0.2) is 96.7 Å². The van der Waals surface area contributed by atoms with Gasteiger partial charge in [0.2, 0.25) is 0 Å². The van der Waals surface area contributed by atoms with E-state index >= 15 is 0 Å². The van der Waals surface area contributed by atoms with E-state index in [4.69, 9.17) is 37.0 Å². The Kier molecular flexibility index (Phi) is 64.0. The van der Waals surface area contributed by atoms with Gasteiger partial charge in [-0.3, -0.25) is 37.3 Å². The molecule has 0 spiro atoms. The fourth-order valence-corrected chi connectivity index (χ4v) is 13.1. The van der Waals surface area contributed by atoms with Crippen LogP contribution in [0.1, 0.15) is 383 Å². The van der Waals surface area contributed by atoms with Crippen LogP contribution in [0.2, 0.25) is 0 Å². The Bertz CT molecular complexity index is 1870. The standard InChI is InChI=1S/C76H148O17P2/c1-66(2)52-44-36-28-21-17-13-9-11-15-19-23-33-42-50-58-75(80)92-71(62-86-73(78)56-48-40-32-26-25-30-38-46-54-68(5)6)64-90-94(82,83)88-60-70(77)61-89-95(84,85)91-65-72(63-87-74(79)57-49-41-35-27-31-39-47-55-69(7)8)93-76(81)59-51-43-34-24-20-16-12-10-14-18-22-29-37-45-53-67(3)4/h66-72,77H,9-65H2,1-8H3,(H,82,83)(H,84,85)/t70?,71-,72-/m1/s1. The molecule has 19 heteroatoms. The van der Waals surface area contributed by atoms with Crippen molar-refractivity contribution in [1.82, 2.24) is 0 Å². The number of aliphatic hydroxyl groups excluding tert-OH is 1. The Morgan fingerprint density at radius 3 is 0.653 bits per heavy atom. The van der Waals surface area contributed by atoms with Crippen LogP contribution < -0.4 is 0 Å². The molecule has 0 amide bonds. The fourth-order valence-electron chi connectivity index (χ4n) is 11.6. The molecule has 564 valence electrons. The lowest BCUT2D eigenvalue weighted by Crippen LogP contribution is -2.30. The fraction of sp³-hybridized carbons (Fsp3) is 0.947. The van der Waals surface area contributed by atoms with Gasteiger partial charge < -0.3 is 33.8 Å². The van der Waals surface area contributed by atoms with Gasteiger partial charge in [-0.2, -0.15) is 0 Å². The van der Waals surface area contributed by atoms with Crippen molar-refractivity contribution in [1.29, 1.82) is 0 Å². The van der Waals surface area contributed by atoms with E-state index in [9.17, 15) is 43.2 Å². The van der Waals surface area contributed by atoms with Crippen molar-refractivity contribution in [2.24, 2.45) is 23.7 Å². The highest BCUT2D eigenvalue weighted by Crippen LogP contribution is 2.45. The van der Waals surface area contributed by atoms with E-state index in [1.165, 1.54) is 180 Å². The summed E-state index contributed by atoms with van der Waals surface area (Å²) in [7, 11) is -9.91. The van der Waals surface area contributed by atoms with Crippen molar-refractivity contribution in [2.45, 2.75) is 401 Å². The second-order valence-electron chi connectivity index (χ2n) is 29.3. The lowest BCUT2D eigenvalue weighted by molar-refractivity contribution is -0.161. The van der Waals surface area contributed by atoms with Crippen LogP contribution in [0.4, 0.5) is 0 Å². The van der Waals surface area contributed by atoms with Gasteiger partial charge in [-0.15, -0.1) is 0 Å². The number of carbonyl (C=O) groups excluding carboxylic acids is 4. The topological polar surface area (TPSA) is 237 Å². The molecular formula is C76H148O17P2. The maximum Gasteiger partial charge on any atom is 0.472 e. The summed E-state index contributed by atoms with van der Waals surface area (Å²) in [5, 5.41) is 10.6. The van der Waals surface area contributed by atoms with E-state index in [-0.39, 0.29) is 25.7 Å². The molecule has 3 unspecified atom stereocenters. The minimum Gasteiger partial charge on any atom is -0.462 e. The van der Waals surface area contributed by atoms with Crippen LogP contribution in [-0.2, 0) is 65.4 Å². The molecule has 0 aromatic carbocycles. The van der Waals surface area contributed by atoms with Crippen molar-refractivity contribution in [3.05, 3.63) is 0 Å². The third kappa shape index (κ3) is 70.3. The Balaban J connectivity index is 5.23. The summed E-state index contributed by atoms with van der Waals surface area (Å²) in [5.41, 5.74) is 0. The summed E-state index contributed by atoms with van der Waals surface area (Å²) in [5.74, 6) is 0.900. The monoisotopic (exact) mass is 1400 g/mol. The second-order valence-corrected chi connectivity index (χ2v) is 32.2. The third-order valence-corrected chi connectivity index (χ3v) is 19.5. The minimum atomic E-state index is -4.96. The van der Waals surface area contributed by atoms with Crippen LogP contribution in [0, 0.1) is 23.7 Å². The number of phosphoric ester groups is 2. The Hall–Kier alpha value is -1.94. The molecule has 0 aliphatic heterocycles. The first-order chi connectivity index (χ1) is 45.6. The summed E-state index contributed by atoms with van der Waals surface area (Å²) in [6.07, 6.45) is 50.1. The highest BCUT2D eigenvalue weighted by Gasteiger charge is 2.30. The number of rotatable bonds is 73. The number of esters is 4. The minimum absolute atomic E-state index is 0.106. The zero-order chi connectivity index (χ0) is 70.3. The molecule has 0 rings (SSSR count). The molecule has 0 bridgehead atoms. The van der Waals surface area contributed by atoms with Gasteiger partial charge in [0, 0.05) is 25.7 Å². The zero-order valence-electron chi connectivity index (χ0n) is 62.3. The Morgan fingerprint density at radius 2 is 0.442 bits per heavy atom. The predicted octanol–water partition coefficient (Wildman–Crippen LogP) is 22.0. The molecule has 95 heavy (non-hydrogen) atoms. The maximum atomic E-state index is 13.1. The van der Waals surface area contributed by atoms with Crippen molar-refractivity contribution in [3.8, 4) is 0 Å². The zero-order valence-corrected chi connectivity index (χ0v) is 64.1. The van der Waals surface area contributed by atoms with E-state index in [1.807, 2.05) is 0 Å². The van der Waals surface area contributed by atoms with Gasteiger partial charge in [0.15, 0.2) is 12.2 Å². The largest absolute Gasteiger partial charge is 0.472 e. The van der Waals surface area contributed by atoms with Crippen LogP contribution >= 0.6 is 15.6 Å². The smallest absolute Gasteiger partial charge is 0.462 e. The van der Waals surface area contributed by atoms with Gasteiger partial charge in [-0.25, -0.2) is 9.13 Å². The van der Waals surface area contributed by atoms with E-state index in [0.29, 0.717) is 31.6 Å². The molecule has 0 aliphatic carbocycles. The first-order valence-corrected chi connectivity index (χ1v) is 42.2. The van der Waals surface area contributed by atoms with Crippen molar-refractivity contribution < 1.29 is 80.2 Å². The summed E-state index contributed by atoms with van der Waals surface area (Å²) in [6.45, 7) is 14.2. The molecule has 0 fully saturated rings. The van der Waals surface area contributed by atoms with Crippen molar-refractivity contribution >= 4 is 39.5 Å². The van der Waals surface area contributed by atoms with Gasteiger partial charge in [0.05, 0.1) is 26.4 Å². The molecule has 0 heterocycles. The van der Waals surface area contributed by atoms with Crippen molar-refractivity contribution in [2.75, 3.05) is 39.6 Å². The average molecular weight is 1400 g/mol. The molecular weight excluding hydrogens is 1250 g/mol. The van der Waals surface area contributed by atoms with Gasteiger partial charge in [0.25, 0.3) is 0 Å². The summed E-state index contributed by atoms with van der Waals surface area (Å²) < 4.78 is 68.5. The Labute approximate surface area is 581 Å². The number of carbonyl (C=O) groups is 4. The Morgan fingerprint density at radius 1 is 0.263 bits per heavy atom. The normalized spacial score (nSPS) is 14.1. The number of aliphatic hydroxyl groups is 1. The molecule has 0 aromatic heterocycles. The lowest BCUT2D eigenvalue weighted by Gasteiger charge is -2.21. The number of phosphoric acid groups is 2. The molecule has 0 saturated carbocycles. The highest BCUT2D eigenvalue weighted by atomic mass is 31.2. The van der Waals surface area contributed by atoms with E-state index < -0.39 is 97.5 Å². The molecule has 0 aliphatic rings. The summed E-state index contributed by atoms with van der Waals surface area (Å²) in [6, 6.07) is 0. The van der Waals surface area contributed by atoms with Gasteiger partial charge in [0.1, 0.15) is 19.3 Å². The first kappa shape index (κ1) is 93.1. The number of hydrogen-bond donors (Lipinski definition) is 3. The molecule has 0 saturated heterocycles. The molecule has 0 radical (unpaired) electrons. The second kappa shape index (κ2) is 65.4. The average Bonchev–Trinajstić information content (AvgIpc) is 1.66. The third-order valence-electron chi connectivity index (χ3n) is 17.6. The SMILES string of the molecule is CC(C)CCCCCCCCCCCCCCCCC(=O)O[C@H](COC(=O)CCCCCCCCCCC(C)C)COP(=O)(O)OCC(O)COP(=O)(O)OC[C@@H](COC(=O)CCCCCCCCCC(C)C)OC(=O)CCCCCCCCCCCCCCCCC(C)C. The van der Waals surface area contributed by atoms with Crippen LogP contribution in [0.25, 0.3) is 0 Å². The van der Waals surface area contributed by atoms with Gasteiger partial charge in [-0.1, -0.05) is 331 Å². The number of ether oxygens (including phenoxy) is 4. The summed E-state index contributed by atoms with van der Waals surface area (Å²) >= 11 is 0. The molecule has 3 N–H and O–H groups in total. The lowest BCUT2D eigenvalue weighted by atomic mass is 10.0.